The summed E-state index contributed by atoms with van der Waals surface area (Å²) in [6, 6.07) is 7.82. The highest BCUT2D eigenvalue weighted by Crippen LogP contribution is 2.24. The van der Waals surface area contributed by atoms with Crippen LogP contribution >= 0.6 is 0 Å². The third-order valence-corrected chi connectivity index (χ3v) is 2.56. The molecule has 0 amide bonds. The van der Waals surface area contributed by atoms with E-state index in [4.69, 9.17) is 9.47 Å². The van der Waals surface area contributed by atoms with E-state index in [1.54, 1.807) is 14.2 Å². The molecule has 1 unspecified atom stereocenters. The molecule has 1 aromatic rings. The SMILES string of the molecule is COc1ccc(C(CCCC=O)OC)cc1. The Hall–Kier alpha value is -1.35. The van der Waals surface area contributed by atoms with Crippen LogP contribution in [0.1, 0.15) is 30.9 Å². The standard InChI is InChI=1S/C13H18O3/c1-15-12-8-6-11(7-9-12)13(16-2)5-3-4-10-14/h6-10,13H,3-5H2,1-2H3. The van der Waals surface area contributed by atoms with Crippen molar-refractivity contribution in [2.45, 2.75) is 25.4 Å². The minimum absolute atomic E-state index is 0.0610. The minimum Gasteiger partial charge on any atom is -0.497 e. The van der Waals surface area contributed by atoms with E-state index in [9.17, 15) is 4.79 Å². The highest BCUT2D eigenvalue weighted by molar-refractivity contribution is 5.49. The van der Waals surface area contributed by atoms with E-state index in [0.717, 1.165) is 30.4 Å². The first-order chi connectivity index (χ1) is 7.81. The quantitative estimate of drug-likeness (QED) is 0.525. The van der Waals surface area contributed by atoms with Crippen molar-refractivity contribution in [2.24, 2.45) is 0 Å². The Balaban J connectivity index is 2.59. The predicted octanol–water partition coefficient (Wildman–Crippen LogP) is 2.75. The summed E-state index contributed by atoms with van der Waals surface area (Å²) in [4.78, 5) is 10.2. The van der Waals surface area contributed by atoms with Crippen LogP contribution in [0.4, 0.5) is 0 Å². The van der Waals surface area contributed by atoms with Crippen LogP contribution in [0.5, 0.6) is 5.75 Å². The molecule has 0 radical (unpaired) electrons. The molecule has 1 atom stereocenters. The number of benzene rings is 1. The average molecular weight is 222 g/mol. The van der Waals surface area contributed by atoms with Gasteiger partial charge in [0.1, 0.15) is 12.0 Å². The maximum atomic E-state index is 10.2. The van der Waals surface area contributed by atoms with Gasteiger partial charge in [-0.2, -0.15) is 0 Å². The summed E-state index contributed by atoms with van der Waals surface area (Å²) in [6.45, 7) is 0. The maximum absolute atomic E-state index is 10.2. The second-order valence-electron chi connectivity index (χ2n) is 3.60. The molecule has 0 N–H and O–H groups in total. The monoisotopic (exact) mass is 222 g/mol. The third-order valence-electron chi connectivity index (χ3n) is 2.56. The normalized spacial score (nSPS) is 12.1. The van der Waals surface area contributed by atoms with Crippen molar-refractivity contribution in [1.29, 1.82) is 0 Å². The van der Waals surface area contributed by atoms with Crippen LogP contribution in [0.25, 0.3) is 0 Å². The smallest absolute Gasteiger partial charge is 0.119 e. The summed E-state index contributed by atoms with van der Waals surface area (Å²) in [7, 11) is 3.34. The van der Waals surface area contributed by atoms with Gasteiger partial charge in [-0.05, 0) is 30.5 Å². The fourth-order valence-corrected chi connectivity index (χ4v) is 1.63. The highest BCUT2D eigenvalue weighted by Gasteiger charge is 2.09. The Labute approximate surface area is 96.4 Å². The van der Waals surface area contributed by atoms with E-state index in [2.05, 4.69) is 0 Å². The zero-order chi connectivity index (χ0) is 11.8. The first-order valence-corrected chi connectivity index (χ1v) is 5.42. The number of methoxy groups -OCH3 is 2. The molecule has 0 aliphatic heterocycles. The Morgan fingerprint density at radius 2 is 1.94 bits per heavy atom. The molecular weight excluding hydrogens is 204 g/mol. The van der Waals surface area contributed by atoms with Gasteiger partial charge in [-0.3, -0.25) is 0 Å². The second-order valence-corrected chi connectivity index (χ2v) is 3.60. The lowest BCUT2D eigenvalue weighted by atomic mass is 10.0. The molecule has 1 rings (SSSR count). The lowest BCUT2D eigenvalue weighted by Gasteiger charge is -2.15. The summed E-state index contributed by atoms with van der Waals surface area (Å²) in [5, 5.41) is 0. The highest BCUT2D eigenvalue weighted by atomic mass is 16.5. The number of rotatable bonds is 7. The van der Waals surface area contributed by atoms with Crippen molar-refractivity contribution < 1.29 is 14.3 Å². The molecule has 3 heteroatoms. The zero-order valence-electron chi connectivity index (χ0n) is 9.81. The van der Waals surface area contributed by atoms with Crippen LogP contribution in [0, 0.1) is 0 Å². The van der Waals surface area contributed by atoms with Crippen molar-refractivity contribution in [2.75, 3.05) is 14.2 Å². The number of carbonyl (C=O) groups is 1. The van der Waals surface area contributed by atoms with Gasteiger partial charge in [0.15, 0.2) is 0 Å². The number of ether oxygens (including phenoxy) is 2. The van der Waals surface area contributed by atoms with Crippen molar-refractivity contribution >= 4 is 6.29 Å². The molecule has 16 heavy (non-hydrogen) atoms. The molecule has 88 valence electrons. The number of unbranched alkanes of at least 4 members (excludes halogenated alkanes) is 1. The molecule has 3 nitrogen and oxygen atoms in total. The molecule has 0 aliphatic carbocycles. The van der Waals surface area contributed by atoms with E-state index in [-0.39, 0.29) is 6.10 Å². The zero-order valence-corrected chi connectivity index (χ0v) is 9.81. The number of hydrogen-bond acceptors (Lipinski definition) is 3. The fraction of sp³-hybridized carbons (Fsp3) is 0.462. The van der Waals surface area contributed by atoms with E-state index >= 15 is 0 Å². The summed E-state index contributed by atoms with van der Waals surface area (Å²) in [5.41, 5.74) is 1.12. The number of aldehydes is 1. The molecule has 0 fully saturated rings. The van der Waals surface area contributed by atoms with Gasteiger partial charge in [0.25, 0.3) is 0 Å². The van der Waals surface area contributed by atoms with Crippen LogP contribution in [0.15, 0.2) is 24.3 Å². The van der Waals surface area contributed by atoms with E-state index in [0.29, 0.717) is 6.42 Å². The first kappa shape index (κ1) is 12.7. The first-order valence-electron chi connectivity index (χ1n) is 5.42. The number of carbonyl (C=O) groups excluding carboxylic acids is 1. The fourth-order valence-electron chi connectivity index (χ4n) is 1.63. The molecule has 0 spiro atoms. The molecule has 0 aliphatic rings. The molecule has 0 aromatic heterocycles. The van der Waals surface area contributed by atoms with Gasteiger partial charge < -0.3 is 14.3 Å². The Morgan fingerprint density at radius 1 is 1.25 bits per heavy atom. The molecule has 0 heterocycles. The average Bonchev–Trinajstić information content (AvgIpc) is 2.35. The van der Waals surface area contributed by atoms with E-state index < -0.39 is 0 Å². The summed E-state index contributed by atoms with van der Waals surface area (Å²) in [5.74, 6) is 0.839. The van der Waals surface area contributed by atoms with Crippen molar-refractivity contribution in [3.05, 3.63) is 29.8 Å². The summed E-state index contributed by atoms with van der Waals surface area (Å²) >= 11 is 0. The molecule has 0 saturated heterocycles. The summed E-state index contributed by atoms with van der Waals surface area (Å²) in [6.07, 6.45) is 3.32. The Kier molecular flexibility index (Phi) is 5.57. The van der Waals surface area contributed by atoms with E-state index in [1.807, 2.05) is 24.3 Å². The van der Waals surface area contributed by atoms with E-state index in [1.165, 1.54) is 0 Å². The predicted molar refractivity (Wildman–Crippen MR) is 62.7 cm³/mol. The third kappa shape index (κ3) is 3.66. The second kappa shape index (κ2) is 7.01. The molecular formula is C13H18O3. The van der Waals surface area contributed by atoms with Crippen molar-refractivity contribution in [1.82, 2.24) is 0 Å². The van der Waals surface area contributed by atoms with Gasteiger partial charge >= 0.3 is 0 Å². The molecule has 0 saturated carbocycles. The molecule has 1 aromatic carbocycles. The van der Waals surface area contributed by atoms with Gasteiger partial charge in [0, 0.05) is 13.5 Å². The maximum Gasteiger partial charge on any atom is 0.119 e. The van der Waals surface area contributed by atoms with Crippen molar-refractivity contribution in [3.8, 4) is 5.75 Å². The van der Waals surface area contributed by atoms with Crippen LogP contribution in [-0.4, -0.2) is 20.5 Å². The van der Waals surface area contributed by atoms with Crippen LogP contribution < -0.4 is 4.74 Å². The lowest BCUT2D eigenvalue weighted by molar-refractivity contribution is -0.108. The van der Waals surface area contributed by atoms with Gasteiger partial charge in [-0.1, -0.05) is 12.1 Å². The largest absolute Gasteiger partial charge is 0.497 e. The van der Waals surface area contributed by atoms with Gasteiger partial charge in [-0.15, -0.1) is 0 Å². The van der Waals surface area contributed by atoms with Crippen LogP contribution in [-0.2, 0) is 9.53 Å². The van der Waals surface area contributed by atoms with Crippen LogP contribution in [0.2, 0.25) is 0 Å². The Morgan fingerprint density at radius 3 is 2.44 bits per heavy atom. The minimum atomic E-state index is 0.0610. The topological polar surface area (TPSA) is 35.5 Å². The van der Waals surface area contributed by atoms with Gasteiger partial charge in [0.2, 0.25) is 0 Å². The Bertz CT molecular complexity index is 305. The van der Waals surface area contributed by atoms with Gasteiger partial charge in [0.05, 0.1) is 13.2 Å². The van der Waals surface area contributed by atoms with Crippen LogP contribution in [0.3, 0.4) is 0 Å². The number of hydrogen-bond donors (Lipinski definition) is 0. The van der Waals surface area contributed by atoms with Gasteiger partial charge in [-0.25, -0.2) is 0 Å². The summed E-state index contributed by atoms with van der Waals surface area (Å²) < 4.78 is 10.5. The lowest BCUT2D eigenvalue weighted by Crippen LogP contribution is -2.01. The van der Waals surface area contributed by atoms with Crippen molar-refractivity contribution in [3.63, 3.8) is 0 Å². The molecule has 0 bridgehead atoms.